The number of fused-ring (bicyclic) bond motifs is 1. The summed E-state index contributed by atoms with van der Waals surface area (Å²) >= 11 is 1.58. The summed E-state index contributed by atoms with van der Waals surface area (Å²) in [6, 6.07) is 14.4. The van der Waals surface area contributed by atoms with Gasteiger partial charge in [-0.25, -0.2) is 0 Å². The van der Waals surface area contributed by atoms with Crippen LogP contribution in [0.15, 0.2) is 53.4 Å². The van der Waals surface area contributed by atoms with E-state index in [0.29, 0.717) is 23.6 Å². The molecule has 1 unspecified atom stereocenters. The molecule has 2 aromatic carbocycles. The lowest BCUT2D eigenvalue weighted by Crippen LogP contribution is -2.41. The van der Waals surface area contributed by atoms with Gasteiger partial charge in [0.15, 0.2) is 6.10 Å². The van der Waals surface area contributed by atoms with Crippen LogP contribution in [0.25, 0.3) is 0 Å². The highest BCUT2D eigenvalue weighted by Crippen LogP contribution is 2.34. The number of rotatable bonds is 6. The fraction of sp³-hybridized carbons (Fsp3) is 0.316. The van der Waals surface area contributed by atoms with E-state index in [1.54, 1.807) is 36.0 Å². The second-order valence-corrected chi connectivity index (χ2v) is 7.07. The summed E-state index contributed by atoms with van der Waals surface area (Å²) in [5, 5.41) is 2.82. The molecule has 3 rings (SSSR count). The van der Waals surface area contributed by atoms with Gasteiger partial charge in [-0.3, -0.25) is 4.79 Å². The number of nitrogens with one attached hydrogen (secondary N) is 1. The molecule has 0 bridgehead atoms. The van der Waals surface area contributed by atoms with Crippen molar-refractivity contribution in [1.29, 1.82) is 0 Å². The molecule has 0 saturated carbocycles. The number of thioether (sulfide) groups is 1. The van der Waals surface area contributed by atoms with Crippen molar-refractivity contribution in [2.45, 2.75) is 30.3 Å². The van der Waals surface area contributed by atoms with Crippen LogP contribution < -0.4 is 10.1 Å². The normalized spacial score (nSPS) is 16.3. The predicted molar refractivity (Wildman–Crippen MR) is 95.6 cm³/mol. The van der Waals surface area contributed by atoms with Crippen LogP contribution in [-0.4, -0.2) is 30.5 Å². The molecule has 0 aliphatic carbocycles. The first-order valence-corrected chi connectivity index (χ1v) is 9.28. The molecule has 0 saturated heterocycles. The lowest BCUT2D eigenvalue weighted by atomic mass is 10.1. The van der Waals surface area contributed by atoms with E-state index in [2.05, 4.69) is 10.1 Å². The van der Waals surface area contributed by atoms with Crippen molar-refractivity contribution in [3.05, 3.63) is 59.7 Å². The number of amides is 1. The topological polar surface area (TPSA) is 47.6 Å². The van der Waals surface area contributed by atoms with Crippen LogP contribution in [0, 0.1) is 0 Å². The van der Waals surface area contributed by atoms with Gasteiger partial charge in [0.1, 0.15) is 12.4 Å². The van der Waals surface area contributed by atoms with Crippen molar-refractivity contribution in [3.8, 4) is 5.75 Å². The van der Waals surface area contributed by atoms with Gasteiger partial charge in [0.25, 0.3) is 5.91 Å². The van der Waals surface area contributed by atoms with Gasteiger partial charge in [0, 0.05) is 17.2 Å². The summed E-state index contributed by atoms with van der Waals surface area (Å²) in [5.74, 6) is 1.05. The van der Waals surface area contributed by atoms with Crippen molar-refractivity contribution in [2.75, 3.05) is 12.4 Å². The zero-order valence-corrected chi connectivity index (χ0v) is 15.1. The predicted octanol–water partition coefficient (Wildman–Crippen LogP) is 3.94. The molecule has 1 heterocycles. The average molecular weight is 397 g/mol. The first-order valence-electron chi connectivity index (χ1n) is 8.29. The van der Waals surface area contributed by atoms with Crippen molar-refractivity contribution in [1.82, 2.24) is 5.32 Å². The molecule has 27 heavy (non-hydrogen) atoms. The SMILES string of the molecule is O=C(NCc1ccc(COCC(F)(F)F)cc1)C1CSc2ccccc2O1. The minimum atomic E-state index is -4.33. The Morgan fingerprint density at radius 2 is 1.85 bits per heavy atom. The van der Waals surface area contributed by atoms with Gasteiger partial charge >= 0.3 is 6.18 Å². The van der Waals surface area contributed by atoms with Gasteiger partial charge < -0.3 is 14.8 Å². The number of hydrogen-bond donors (Lipinski definition) is 1. The maximum absolute atomic E-state index is 12.3. The van der Waals surface area contributed by atoms with E-state index >= 15 is 0 Å². The van der Waals surface area contributed by atoms with Gasteiger partial charge in [-0.05, 0) is 23.3 Å². The maximum atomic E-state index is 12.3. The van der Waals surface area contributed by atoms with Gasteiger partial charge in [0.2, 0.25) is 0 Å². The van der Waals surface area contributed by atoms with Crippen LogP contribution in [0.3, 0.4) is 0 Å². The number of carbonyl (C=O) groups is 1. The largest absolute Gasteiger partial charge is 0.479 e. The Balaban J connectivity index is 1.45. The Kier molecular flexibility index (Phi) is 6.28. The summed E-state index contributed by atoms with van der Waals surface area (Å²) in [7, 11) is 0. The summed E-state index contributed by atoms with van der Waals surface area (Å²) in [4.78, 5) is 13.3. The number of hydrogen-bond acceptors (Lipinski definition) is 4. The number of ether oxygens (including phenoxy) is 2. The first-order chi connectivity index (χ1) is 12.9. The quantitative estimate of drug-likeness (QED) is 0.802. The fourth-order valence-corrected chi connectivity index (χ4v) is 3.47. The second kappa shape index (κ2) is 8.67. The Morgan fingerprint density at radius 1 is 1.15 bits per heavy atom. The molecule has 1 amide bonds. The monoisotopic (exact) mass is 397 g/mol. The number of alkyl halides is 3. The summed E-state index contributed by atoms with van der Waals surface area (Å²) in [6.07, 6.45) is -4.88. The van der Waals surface area contributed by atoms with E-state index in [4.69, 9.17) is 4.74 Å². The molecule has 1 N–H and O–H groups in total. The highest BCUT2D eigenvalue weighted by atomic mass is 32.2. The number of para-hydroxylation sites is 1. The average Bonchev–Trinajstić information content (AvgIpc) is 2.65. The highest BCUT2D eigenvalue weighted by Gasteiger charge is 2.27. The third kappa shape index (κ3) is 5.90. The van der Waals surface area contributed by atoms with Crippen LogP contribution in [-0.2, 0) is 22.7 Å². The van der Waals surface area contributed by atoms with Crippen molar-refractivity contribution < 1.29 is 27.4 Å². The zero-order chi connectivity index (χ0) is 19.3. The van der Waals surface area contributed by atoms with Crippen molar-refractivity contribution in [2.24, 2.45) is 0 Å². The Hall–Kier alpha value is -2.19. The highest BCUT2D eigenvalue weighted by molar-refractivity contribution is 7.99. The van der Waals surface area contributed by atoms with Gasteiger partial charge in [-0.2, -0.15) is 13.2 Å². The van der Waals surface area contributed by atoms with Gasteiger partial charge in [0.05, 0.1) is 6.61 Å². The maximum Gasteiger partial charge on any atom is 0.411 e. The molecule has 0 aromatic heterocycles. The fourth-order valence-electron chi connectivity index (χ4n) is 2.49. The standard InChI is InChI=1S/C19H18F3NO3S/c20-19(21,22)12-25-10-14-7-5-13(6-8-14)9-23-18(24)16-11-27-17-4-2-1-3-15(17)26-16/h1-8,16H,9-12H2,(H,23,24). The van der Waals surface area contributed by atoms with Crippen molar-refractivity contribution >= 4 is 17.7 Å². The summed E-state index contributed by atoms with van der Waals surface area (Å²) in [5.41, 5.74) is 1.48. The second-order valence-electron chi connectivity index (χ2n) is 6.01. The Labute approximate surface area is 159 Å². The first kappa shape index (κ1) is 19.6. The van der Waals surface area contributed by atoms with Crippen LogP contribution in [0.5, 0.6) is 5.75 Å². The molecule has 144 valence electrons. The molecule has 1 aliphatic heterocycles. The number of halogens is 3. The Morgan fingerprint density at radius 3 is 2.59 bits per heavy atom. The minimum absolute atomic E-state index is 0.112. The third-order valence-corrected chi connectivity index (χ3v) is 4.94. The van der Waals surface area contributed by atoms with E-state index in [9.17, 15) is 18.0 Å². The molecular formula is C19H18F3NO3S. The molecular weight excluding hydrogens is 379 g/mol. The van der Waals surface area contributed by atoms with Crippen LogP contribution >= 0.6 is 11.8 Å². The summed E-state index contributed by atoms with van der Waals surface area (Å²) < 4.78 is 46.5. The molecule has 0 radical (unpaired) electrons. The van der Waals surface area contributed by atoms with Crippen LogP contribution in [0.1, 0.15) is 11.1 Å². The third-order valence-electron chi connectivity index (χ3n) is 3.83. The molecule has 8 heteroatoms. The molecule has 1 aliphatic rings. The Bertz CT molecular complexity index is 781. The van der Waals surface area contributed by atoms with Gasteiger partial charge in [-0.1, -0.05) is 36.4 Å². The zero-order valence-electron chi connectivity index (χ0n) is 14.3. The van der Waals surface area contributed by atoms with Gasteiger partial charge in [-0.15, -0.1) is 11.8 Å². The molecule has 0 fully saturated rings. The lowest BCUT2D eigenvalue weighted by molar-refractivity contribution is -0.176. The smallest absolute Gasteiger partial charge is 0.411 e. The number of benzene rings is 2. The molecule has 1 atom stereocenters. The lowest BCUT2D eigenvalue weighted by Gasteiger charge is -2.24. The van der Waals surface area contributed by atoms with Crippen LogP contribution in [0.4, 0.5) is 13.2 Å². The van der Waals surface area contributed by atoms with E-state index < -0.39 is 18.9 Å². The van der Waals surface area contributed by atoms with E-state index in [-0.39, 0.29) is 12.5 Å². The van der Waals surface area contributed by atoms with Crippen LogP contribution in [0.2, 0.25) is 0 Å². The van der Waals surface area contributed by atoms with Crippen molar-refractivity contribution in [3.63, 3.8) is 0 Å². The van der Waals surface area contributed by atoms with E-state index in [0.717, 1.165) is 10.5 Å². The molecule has 4 nitrogen and oxygen atoms in total. The minimum Gasteiger partial charge on any atom is -0.479 e. The molecule has 2 aromatic rings. The van der Waals surface area contributed by atoms with E-state index in [1.165, 1.54) is 0 Å². The number of carbonyl (C=O) groups excluding carboxylic acids is 1. The molecule has 0 spiro atoms. The van der Waals surface area contributed by atoms with E-state index in [1.807, 2.05) is 24.3 Å². The summed E-state index contributed by atoms with van der Waals surface area (Å²) in [6.45, 7) is -1.07.